The number of nitrogens with zero attached hydrogens (tertiary/aromatic N) is 5. The van der Waals surface area contributed by atoms with Crippen molar-refractivity contribution in [2.24, 2.45) is 0 Å². The summed E-state index contributed by atoms with van der Waals surface area (Å²) in [5, 5.41) is 8.12. The Balaban J connectivity index is 1.35. The van der Waals surface area contributed by atoms with E-state index in [0.29, 0.717) is 23.7 Å². The van der Waals surface area contributed by atoms with E-state index < -0.39 is 0 Å². The van der Waals surface area contributed by atoms with Crippen LogP contribution in [0.2, 0.25) is 0 Å². The number of ether oxygens (including phenoxy) is 1. The first-order chi connectivity index (χ1) is 13.6. The van der Waals surface area contributed by atoms with Gasteiger partial charge in [-0.1, -0.05) is 35.5 Å². The summed E-state index contributed by atoms with van der Waals surface area (Å²) >= 11 is 0. The lowest BCUT2D eigenvalue weighted by atomic mass is 10.1. The average molecular weight is 377 g/mol. The van der Waals surface area contributed by atoms with Gasteiger partial charge in [-0.3, -0.25) is 4.79 Å². The Hall–Kier alpha value is -3.55. The molecule has 0 unspecified atom stereocenters. The van der Waals surface area contributed by atoms with Gasteiger partial charge in [-0.15, -0.1) is 0 Å². The minimum absolute atomic E-state index is 0.0769. The lowest BCUT2D eigenvalue weighted by molar-refractivity contribution is -0.145. The number of aryl methyl sites for hydroxylation is 2. The zero-order chi connectivity index (χ0) is 19.5. The van der Waals surface area contributed by atoms with Crippen LogP contribution in [0.3, 0.4) is 0 Å². The summed E-state index contributed by atoms with van der Waals surface area (Å²) in [6.45, 7) is 3.92. The van der Waals surface area contributed by atoms with Crippen LogP contribution in [0, 0.1) is 13.8 Å². The first kappa shape index (κ1) is 17.8. The molecule has 0 N–H and O–H groups in total. The molecule has 3 heterocycles. The number of carbonyl (C=O) groups is 1. The van der Waals surface area contributed by atoms with Gasteiger partial charge in [0.25, 0.3) is 5.78 Å². The van der Waals surface area contributed by atoms with Crippen LogP contribution >= 0.6 is 0 Å². The van der Waals surface area contributed by atoms with Crippen molar-refractivity contribution < 1.29 is 14.1 Å². The zero-order valence-electron chi connectivity index (χ0n) is 15.6. The number of fused-ring (bicyclic) bond motifs is 1. The van der Waals surface area contributed by atoms with Crippen LogP contribution in [-0.4, -0.2) is 30.7 Å². The molecule has 0 fully saturated rings. The first-order valence-corrected chi connectivity index (χ1v) is 8.94. The average Bonchev–Trinajstić information content (AvgIpc) is 3.36. The Labute approximate surface area is 161 Å². The molecule has 0 aliphatic carbocycles. The summed E-state index contributed by atoms with van der Waals surface area (Å²) < 4.78 is 12.3. The third kappa shape index (κ3) is 3.62. The van der Waals surface area contributed by atoms with Crippen molar-refractivity contribution in [2.45, 2.75) is 33.3 Å². The highest BCUT2D eigenvalue weighted by Gasteiger charge is 2.14. The van der Waals surface area contributed by atoms with E-state index in [-0.39, 0.29) is 19.0 Å². The summed E-state index contributed by atoms with van der Waals surface area (Å²) in [4.78, 5) is 20.7. The maximum Gasteiger partial charge on any atom is 0.306 e. The molecule has 4 aromatic rings. The van der Waals surface area contributed by atoms with E-state index in [1.807, 2.05) is 44.2 Å². The maximum absolute atomic E-state index is 12.2. The second-order valence-corrected chi connectivity index (χ2v) is 6.44. The second-order valence-electron chi connectivity index (χ2n) is 6.44. The lowest BCUT2D eigenvalue weighted by Crippen LogP contribution is -2.10. The number of aromatic nitrogens is 5. The molecule has 0 atom stereocenters. The van der Waals surface area contributed by atoms with Crippen LogP contribution < -0.4 is 0 Å². The molecule has 0 saturated carbocycles. The molecule has 3 aromatic heterocycles. The van der Waals surface area contributed by atoms with E-state index in [4.69, 9.17) is 9.26 Å². The fourth-order valence-corrected chi connectivity index (χ4v) is 3.09. The van der Waals surface area contributed by atoms with Gasteiger partial charge >= 0.3 is 5.97 Å². The van der Waals surface area contributed by atoms with Crippen molar-refractivity contribution in [3.05, 3.63) is 65.4 Å². The summed E-state index contributed by atoms with van der Waals surface area (Å²) in [5.41, 5.74) is 4.24. The molecule has 1 aromatic carbocycles. The van der Waals surface area contributed by atoms with Crippen LogP contribution in [0.25, 0.3) is 17.1 Å². The molecule has 142 valence electrons. The van der Waals surface area contributed by atoms with E-state index >= 15 is 0 Å². The van der Waals surface area contributed by atoms with E-state index in [2.05, 4.69) is 20.2 Å². The molecule has 0 bridgehead atoms. The van der Waals surface area contributed by atoms with Crippen molar-refractivity contribution in [2.75, 3.05) is 0 Å². The normalized spacial score (nSPS) is 11.1. The standard InChI is InChI=1S/C20H19N5O3/c1-13-17(14(2)25-20(23-13)21-12-22-25)8-9-19(26)27-11-16-10-18(28-24-16)15-6-4-3-5-7-15/h3-7,10,12H,8-9,11H2,1-2H3. The van der Waals surface area contributed by atoms with E-state index in [0.717, 1.165) is 22.5 Å². The fraction of sp³-hybridized carbons (Fsp3) is 0.250. The van der Waals surface area contributed by atoms with Crippen molar-refractivity contribution >= 4 is 11.7 Å². The molecule has 8 heteroatoms. The summed E-state index contributed by atoms with van der Waals surface area (Å²) in [5.74, 6) is 0.897. The molecule has 28 heavy (non-hydrogen) atoms. The molecule has 0 amide bonds. The number of esters is 1. The Morgan fingerprint density at radius 1 is 1.21 bits per heavy atom. The molecular weight excluding hydrogens is 358 g/mol. The van der Waals surface area contributed by atoms with Crippen molar-refractivity contribution in [3.63, 3.8) is 0 Å². The van der Waals surface area contributed by atoms with Gasteiger partial charge < -0.3 is 9.26 Å². The molecule has 0 aliphatic heterocycles. The number of benzene rings is 1. The van der Waals surface area contributed by atoms with E-state index in [9.17, 15) is 4.79 Å². The molecule has 4 rings (SSSR count). The van der Waals surface area contributed by atoms with E-state index in [1.54, 1.807) is 10.6 Å². The highest BCUT2D eigenvalue weighted by molar-refractivity contribution is 5.70. The van der Waals surface area contributed by atoms with Crippen molar-refractivity contribution in [1.29, 1.82) is 0 Å². The number of carbonyl (C=O) groups excluding carboxylic acids is 1. The smallest absolute Gasteiger partial charge is 0.306 e. The van der Waals surface area contributed by atoms with Crippen LogP contribution in [0.4, 0.5) is 0 Å². The third-order valence-electron chi connectivity index (χ3n) is 4.57. The number of hydrogen-bond acceptors (Lipinski definition) is 7. The molecular formula is C20H19N5O3. The zero-order valence-corrected chi connectivity index (χ0v) is 15.6. The quantitative estimate of drug-likeness (QED) is 0.477. The molecule has 0 radical (unpaired) electrons. The Morgan fingerprint density at radius 2 is 2.04 bits per heavy atom. The van der Waals surface area contributed by atoms with Gasteiger partial charge in [0.2, 0.25) is 0 Å². The maximum atomic E-state index is 12.2. The van der Waals surface area contributed by atoms with Gasteiger partial charge in [0.1, 0.15) is 18.6 Å². The molecule has 0 saturated heterocycles. The van der Waals surface area contributed by atoms with E-state index in [1.165, 1.54) is 6.33 Å². The van der Waals surface area contributed by atoms with Gasteiger partial charge in [-0.25, -0.2) is 9.50 Å². The van der Waals surface area contributed by atoms with Crippen molar-refractivity contribution in [1.82, 2.24) is 24.7 Å². The fourth-order valence-electron chi connectivity index (χ4n) is 3.09. The minimum atomic E-state index is -0.304. The molecule has 0 spiro atoms. The third-order valence-corrected chi connectivity index (χ3v) is 4.57. The molecule has 0 aliphatic rings. The summed E-state index contributed by atoms with van der Waals surface area (Å²) in [6.07, 6.45) is 2.23. The van der Waals surface area contributed by atoms with Gasteiger partial charge in [0.05, 0.1) is 0 Å². The number of hydrogen-bond donors (Lipinski definition) is 0. The highest BCUT2D eigenvalue weighted by atomic mass is 16.5. The van der Waals surface area contributed by atoms with Crippen LogP contribution in [0.5, 0.6) is 0 Å². The van der Waals surface area contributed by atoms with Gasteiger partial charge in [0, 0.05) is 29.4 Å². The predicted molar refractivity (Wildman–Crippen MR) is 100 cm³/mol. The monoisotopic (exact) mass is 377 g/mol. The molecule has 8 nitrogen and oxygen atoms in total. The Morgan fingerprint density at radius 3 is 2.86 bits per heavy atom. The number of rotatable bonds is 6. The largest absolute Gasteiger partial charge is 0.459 e. The predicted octanol–water partition coefficient (Wildman–Crippen LogP) is 3.07. The second kappa shape index (κ2) is 7.59. The van der Waals surface area contributed by atoms with Gasteiger partial charge in [-0.05, 0) is 25.8 Å². The SMILES string of the molecule is Cc1nc2ncnn2c(C)c1CCC(=O)OCc1cc(-c2ccccc2)on1. The van der Waals surface area contributed by atoms with Crippen LogP contribution in [0.15, 0.2) is 47.2 Å². The minimum Gasteiger partial charge on any atom is -0.459 e. The summed E-state index contributed by atoms with van der Waals surface area (Å²) in [6, 6.07) is 11.4. The lowest BCUT2D eigenvalue weighted by Gasteiger charge is -2.10. The topological polar surface area (TPSA) is 95.4 Å². The first-order valence-electron chi connectivity index (χ1n) is 8.94. The van der Waals surface area contributed by atoms with Crippen LogP contribution in [0.1, 0.15) is 29.1 Å². The van der Waals surface area contributed by atoms with Gasteiger partial charge in [0.15, 0.2) is 5.76 Å². The Kier molecular flexibility index (Phi) is 4.84. The Bertz CT molecular complexity index is 1120. The van der Waals surface area contributed by atoms with Gasteiger partial charge in [-0.2, -0.15) is 10.1 Å². The van der Waals surface area contributed by atoms with Crippen molar-refractivity contribution in [3.8, 4) is 11.3 Å². The highest BCUT2D eigenvalue weighted by Crippen LogP contribution is 2.20. The summed E-state index contributed by atoms with van der Waals surface area (Å²) in [7, 11) is 0. The van der Waals surface area contributed by atoms with Crippen LogP contribution in [-0.2, 0) is 22.6 Å².